The maximum atomic E-state index is 12.1. The van der Waals surface area contributed by atoms with Crippen molar-refractivity contribution in [3.63, 3.8) is 0 Å². The molecule has 0 atom stereocenters. The highest BCUT2D eigenvalue weighted by Gasteiger charge is 2.19. The number of carbonyl (C=O) groups excluding carboxylic acids is 1. The summed E-state index contributed by atoms with van der Waals surface area (Å²) >= 11 is 6.22. The monoisotopic (exact) mass is 257 g/mol. The Balaban J connectivity index is 2.91. The Morgan fingerprint density at radius 3 is 2.56 bits per heavy atom. The molecule has 0 aliphatic rings. The van der Waals surface area contributed by atoms with E-state index in [1.807, 2.05) is 20.8 Å². The van der Waals surface area contributed by atoms with Crippen LogP contribution in [-0.2, 0) is 0 Å². The van der Waals surface area contributed by atoms with E-state index in [0.717, 1.165) is 10.7 Å². The Hall–Kier alpha value is -1.01. The molecule has 4 nitrogen and oxygen atoms in total. The molecule has 16 heavy (non-hydrogen) atoms. The van der Waals surface area contributed by atoms with E-state index in [0.29, 0.717) is 23.0 Å². The predicted octanol–water partition coefficient (Wildman–Crippen LogP) is 1.51. The SMILES string of the molecule is CCN(CC(N)=S)C(=O)c1sc(C)nc1C. The zero-order valence-corrected chi connectivity index (χ0v) is 11.2. The van der Waals surface area contributed by atoms with Gasteiger partial charge >= 0.3 is 0 Å². The fourth-order valence-corrected chi connectivity index (χ4v) is 2.43. The highest BCUT2D eigenvalue weighted by atomic mass is 32.1. The van der Waals surface area contributed by atoms with Crippen LogP contribution in [0.25, 0.3) is 0 Å². The molecule has 1 aromatic heterocycles. The van der Waals surface area contributed by atoms with Gasteiger partial charge in [0.05, 0.1) is 22.2 Å². The number of likely N-dealkylation sites (N-methyl/N-ethyl adjacent to an activating group) is 1. The van der Waals surface area contributed by atoms with Crippen molar-refractivity contribution in [1.29, 1.82) is 0 Å². The summed E-state index contributed by atoms with van der Waals surface area (Å²) in [5.74, 6) is -0.0431. The van der Waals surface area contributed by atoms with Crippen LogP contribution in [0.2, 0.25) is 0 Å². The van der Waals surface area contributed by atoms with Gasteiger partial charge in [0.2, 0.25) is 0 Å². The zero-order valence-electron chi connectivity index (χ0n) is 9.61. The van der Waals surface area contributed by atoms with Gasteiger partial charge in [-0.05, 0) is 20.8 Å². The number of aryl methyl sites for hydroxylation is 2. The smallest absolute Gasteiger partial charge is 0.266 e. The van der Waals surface area contributed by atoms with E-state index in [9.17, 15) is 4.79 Å². The largest absolute Gasteiger partial charge is 0.392 e. The second-order valence-electron chi connectivity index (χ2n) is 3.43. The number of hydrogen-bond donors (Lipinski definition) is 1. The van der Waals surface area contributed by atoms with Gasteiger partial charge in [0.1, 0.15) is 4.88 Å². The molecule has 0 fully saturated rings. The number of carbonyl (C=O) groups is 1. The third kappa shape index (κ3) is 2.99. The van der Waals surface area contributed by atoms with E-state index >= 15 is 0 Å². The van der Waals surface area contributed by atoms with Gasteiger partial charge in [-0.1, -0.05) is 12.2 Å². The molecule has 1 amide bonds. The van der Waals surface area contributed by atoms with Gasteiger partial charge in [0.15, 0.2) is 0 Å². The second-order valence-corrected chi connectivity index (χ2v) is 5.16. The molecule has 0 radical (unpaired) electrons. The summed E-state index contributed by atoms with van der Waals surface area (Å²) in [7, 11) is 0. The Bertz CT molecular complexity index is 414. The molecule has 0 spiro atoms. The summed E-state index contributed by atoms with van der Waals surface area (Å²) < 4.78 is 0. The van der Waals surface area contributed by atoms with Crippen LogP contribution >= 0.6 is 23.6 Å². The van der Waals surface area contributed by atoms with Crippen LogP contribution in [0.5, 0.6) is 0 Å². The Labute approximate surface area is 104 Å². The van der Waals surface area contributed by atoms with Crippen molar-refractivity contribution in [3.8, 4) is 0 Å². The number of amides is 1. The fourth-order valence-electron chi connectivity index (χ4n) is 1.39. The highest BCUT2D eigenvalue weighted by Crippen LogP contribution is 2.19. The minimum absolute atomic E-state index is 0.0431. The number of thiazole rings is 1. The first-order valence-electron chi connectivity index (χ1n) is 4.97. The average molecular weight is 257 g/mol. The van der Waals surface area contributed by atoms with Gasteiger partial charge in [0, 0.05) is 6.54 Å². The van der Waals surface area contributed by atoms with Crippen LogP contribution in [-0.4, -0.2) is 33.9 Å². The molecule has 0 aliphatic heterocycles. The van der Waals surface area contributed by atoms with Crippen LogP contribution in [0.4, 0.5) is 0 Å². The Kier molecular flexibility index (Phi) is 4.37. The van der Waals surface area contributed by atoms with Crippen LogP contribution in [0, 0.1) is 13.8 Å². The van der Waals surface area contributed by atoms with E-state index in [1.54, 1.807) is 4.90 Å². The molecule has 0 aromatic carbocycles. The summed E-state index contributed by atoms with van der Waals surface area (Å²) in [5.41, 5.74) is 6.23. The van der Waals surface area contributed by atoms with Crippen molar-refractivity contribution in [1.82, 2.24) is 9.88 Å². The highest BCUT2D eigenvalue weighted by molar-refractivity contribution is 7.80. The van der Waals surface area contributed by atoms with Gasteiger partial charge in [-0.2, -0.15) is 0 Å². The van der Waals surface area contributed by atoms with E-state index in [-0.39, 0.29) is 5.91 Å². The van der Waals surface area contributed by atoms with Gasteiger partial charge in [0.25, 0.3) is 5.91 Å². The van der Waals surface area contributed by atoms with Gasteiger partial charge < -0.3 is 10.6 Å². The topological polar surface area (TPSA) is 59.2 Å². The maximum Gasteiger partial charge on any atom is 0.266 e. The zero-order chi connectivity index (χ0) is 12.3. The Morgan fingerprint density at radius 2 is 2.19 bits per heavy atom. The minimum atomic E-state index is -0.0431. The first-order chi connectivity index (χ1) is 7.45. The maximum absolute atomic E-state index is 12.1. The summed E-state index contributed by atoms with van der Waals surface area (Å²) in [6, 6.07) is 0. The second kappa shape index (κ2) is 5.36. The number of thiocarbonyl (C=S) groups is 1. The molecule has 1 heterocycles. The van der Waals surface area contributed by atoms with Gasteiger partial charge in [-0.15, -0.1) is 11.3 Å². The predicted molar refractivity (Wildman–Crippen MR) is 70.0 cm³/mol. The third-order valence-corrected chi connectivity index (χ3v) is 3.30. The lowest BCUT2D eigenvalue weighted by molar-refractivity contribution is 0.0791. The fraction of sp³-hybridized carbons (Fsp3) is 0.500. The van der Waals surface area contributed by atoms with Gasteiger partial charge in [-0.3, -0.25) is 4.79 Å². The van der Waals surface area contributed by atoms with Crippen LogP contribution < -0.4 is 5.73 Å². The van der Waals surface area contributed by atoms with E-state index in [4.69, 9.17) is 18.0 Å². The molecule has 0 saturated carbocycles. The molecule has 2 N–H and O–H groups in total. The molecule has 0 aliphatic carbocycles. The average Bonchev–Trinajstić information content (AvgIpc) is 2.53. The lowest BCUT2D eigenvalue weighted by Gasteiger charge is -2.19. The summed E-state index contributed by atoms with van der Waals surface area (Å²) in [6.07, 6.45) is 0. The number of nitrogens with two attached hydrogens (primary N) is 1. The van der Waals surface area contributed by atoms with E-state index in [2.05, 4.69) is 4.98 Å². The molecule has 1 rings (SSSR count). The molecule has 88 valence electrons. The van der Waals surface area contributed by atoms with Crippen molar-refractivity contribution in [2.45, 2.75) is 20.8 Å². The first kappa shape index (κ1) is 13.1. The normalized spacial score (nSPS) is 10.2. The standard InChI is InChI=1S/C10H15N3OS2/c1-4-13(5-8(11)15)10(14)9-6(2)12-7(3)16-9/h4-5H2,1-3H3,(H2,11,15). The van der Waals surface area contributed by atoms with Crippen molar-refractivity contribution >= 4 is 34.5 Å². The van der Waals surface area contributed by atoms with Crippen LogP contribution in [0.1, 0.15) is 27.3 Å². The van der Waals surface area contributed by atoms with E-state index < -0.39 is 0 Å². The van der Waals surface area contributed by atoms with Crippen LogP contribution in [0.15, 0.2) is 0 Å². The molecule has 0 bridgehead atoms. The molecular formula is C10H15N3OS2. The van der Waals surface area contributed by atoms with Crippen molar-refractivity contribution in [3.05, 3.63) is 15.6 Å². The third-order valence-electron chi connectivity index (χ3n) is 2.11. The van der Waals surface area contributed by atoms with Crippen molar-refractivity contribution < 1.29 is 4.79 Å². The van der Waals surface area contributed by atoms with Crippen molar-refractivity contribution in [2.24, 2.45) is 5.73 Å². The number of hydrogen-bond acceptors (Lipinski definition) is 4. The Morgan fingerprint density at radius 1 is 1.56 bits per heavy atom. The van der Waals surface area contributed by atoms with Crippen molar-refractivity contribution in [2.75, 3.05) is 13.1 Å². The van der Waals surface area contributed by atoms with Gasteiger partial charge in [-0.25, -0.2) is 4.98 Å². The first-order valence-corrected chi connectivity index (χ1v) is 6.19. The molecular weight excluding hydrogens is 242 g/mol. The van der Waals surface area contributed by atoms with Crippen LogP contribution in [0.3, 0.4) is 0 Å². The quantitative estimate of drug-likeness (QED) is 0.831. The lowest BCUT2D eigenvalue weighted by atomic mass is 10.3. The molecule has 0 saturated heterocycles. The number of rotatable bonds is 4. The minimum Gasteiger partial charge on any atom is -0.392 e. The molecule has 6 heteroatoms. The summed E-state index contributed by atoms with van der Waals surface area (Å²) in [4.78, 5) is 19.0. The summed E-state index contributed by atoms with van der Waals surface area (Å²) in [5, 5.41) is 0.896. The lowest BCUT2D eigenvalue weighted by Crippen LogP contribution is -2.37. The number of nitrogens with zero attached hydrogens (tertiary/aromatic N) is 2. The molecule has 1 aromatic rings. The number of aromatic nitrogens is 1. The van der Waals surface area contributed by atoms with E-state index in [1.165, 1.54) is 11.3 Å². The summed E-state index contributed by atoms with van der Waals surface area (Å²) in [6.45, 7) is 6.54. The molecule has 0 unspecified atom stereocenters.